The first-order chi connectivity index (χ1) is 13.2. The molecule has 0 aromatic heterocycles. The molecule has 0 heterocycles. The molecule has 28 heavy (non-hydrogen) atoms. The van der Waals surface area contributed by atoms with Gasteiger partial charge in [-0.3, -0.25) is 14.6 Å². The first kappa shape index (κ1) is 22.7. The van der Waals surface area contributed by atoms with Crippen molar-refractivity contribution in [2.75, 3.05) is 20.1 Å². The molecule has 0 aliphatic heterocycles. The van der Waals surface area contributed by atoms with E-state index in [-0.39, 0.29) is 18.4 Å². The van der Waals surface area contributed by atoms with E-state index in [2.05, 4.69) is 15.6 Å². The molecule has 3 amide bonds. The third kappa shape index (κ3) is 8.39. The number of benzene rings is 1. The Bertz CT molecular complexity index is 691. The number of likely N-dealkylation sites (N-methyl/N-ethyl adjacent to an activating group) is 1. The molecule has 0 fully saturated rings. The highest BCUT2D eigenvalue weighted by molar-refractivity contribution is 5.97. The number of nitrogens with one attached hydrogen (secondary N) is 2. The van der Waals surface area contributed by atoms with Gasteiger partial charge < -0.3 is 32.1 Å². The lowest BCUT2D eigenvalue weighted by atomic mass is 10.1. The summed E-state index contributed by atoms with van der Waals surface area (Å²) in [5, 5.41) is 14.4. The number of hydrogen-bond donors (Lipinski definition) is 5. The summed E-state index contributed by atoms with van der Waals surface area (Å²) in [6.45, 7) is 2.13. The molecule has 10 heteroatoms. The number of carbonyl (C=O) groups is 3. The van der Waals surface area contributed by atoms with E-state index in [0.717, 1.165) is 4.90 Å². The topological polar surface area (TPSA) is 163 Å². The maximum atomic E-state index is 12.6. The largest absolute Gasteiger partial charge is 0.465 e. The van der Waals surface area contributed by atoms with E-state index in [9.17, 15) is 14.4 Å². The van der Waals surface area contributed by atoms with Crippen molar-refractivity contribution in [3.8, 4) is 0 Å². The van der Waals surface area contributed by atoms with E-state index in [1.807, 2.05) is 0 Å². The smallest absolute Gasteiger partial charge is 0.407 e. The summed E-state index contributed by atoms with van der Waals surface area (Å²) in [5.41, 5.74) is 11.0. The number of nitrogens with zero attached hydrogens (tertiary/aromatic N) is 2. The number of amides is 3. The number of hydrogen-bond acceptors (Lipinski definition) is 4. The van der Waals surface area contributed by atoms with Crippen LogP contribution in [0.2, 0.25) is 0 Å². The Morgan fingerprint density at radius 2 is 1.82 bits per heavy atom. The zero-order valence-electron chi connectivity index (χ0n) is 16.1. The van der Waals surface area contributed by atoms with Gasteiger partial charge in [-0.1, -0.05) is 18.2 Å². The van der Waals surface area contributed by atoms with Gasteiger partial charge in [0.05, 0.1) is 0 Å². The van der Waals surface area contributed by atoms with Gasteiger partial charge in [-0.15, -0.1) is 0 Å². The van der Waals surface area contributed by atoms with Crippen molar-refractivity contribution in [2.45, 2.75) is 31.8 Å². The molecule has 0 bridgehead atoms. The molecule has 10 nitrogen and oxygen atoms in total. The molecule has 0 spiro atoms. The quantitative estimate of drug-likeness (QED) is 0.213. The number of carboxylic acid groups (broad SMARTS) is 1. The molecule has 2 atom stereocenters. The molecular formula is C18H28N6O4. The van der Waals surface area contributed by atoms with Crippen LogP contribution in [-0.2, 0) is 4.79 Å². The van der Waals surface area contributed by atoms with Crippen LogP contribution in [0.5, 0.6) is 0 Å². The van der Waals surface area contributed by atoms with Gasteiger partial charge >= 0.3 is 6.09 Å². The van der Waals surface area contributed by atoms with Crippen LogP contribution in [0.1, 0.15) is 30.1 Å². The summed E-state index contributed by atoms with van der Waals surface area (Å²) < 4.78 is 0. The number of guanidine groups is 1. The second-order valence-electron chi connectivity index (χ2n) is 6.41. The Labute approximate surface area is 164 Å². The van der Waals surface area contributed by atoms with Gasteiger partial charge in [-0.2, -0.15) is 0 Å². The van der Waals surface area contributed by atoms with Gasteiger partial charge in [0.1, 0.15) is 6.04 Å². The average Bonchev–Trinajstić information content (AvgIpc) is 2.64. The highest BCUT2D eigenvalue weighted by Gasteiger charge is 2.23. The summed E-state index contributed by atoms with van der Waals surface area (Å²) in [5.74, 6) is -0.821. The van der Waals surface area contributed by atoms with Crippen LogP contribution in [0.15, 0.2) is 35.3 Å². The van der Waals surface area contributed by atoms with Gasteiger partial charge in [-0.25, -0.2) is 4.79 Å². The van der Waals surface area contributed by atoms with E-state index < -0.39 is 24.1 Å². The Hall–Kier alpha value is -3.30. The van der Waals surface area contributed by atoms with Crippen molar-refractivity contribution < 1.29 is 19.5 Å². The molecule has 0 aliphatic carbocycles. The van der Waals surface area contributed by atoms with Crippen LogP contribution in [0, 0.1) is 0 Å². The van der Waals surface area contributed by atoms with Crippen LogP contribution in [0.3, 0.4) is 0 Å². The van der Waals surface area contributed by atoms with Crippen molar-refractivity contribution in [3.63, 3.8) is 0 Å². The zero-order valence-corrected chi connectivity index (χ0v) is 16.1. The Kier molecular flexibility index (Phi) is 9.28. The maximum absolute atomic E-state index is 12.6. The van der Waals surface area contributed by atoms with Crippen LogP contribution in [0.25, 0.3) is 0 Å². The van der Waals surface area contributed by atoms with Crippen molar-refractivity contribution in [3.05, 3.63) is 35.9 Å². The summed E-state index contributed by atoms with van der Waals surface area (Å²) in [7, 11) is 1.41. The molecule has 1 rings (SSSR count). The van der Waals surface area contributed by atoms with Crippen LogP contribution in [-0.4, -0.2) is 66.1 Å². The highest BCUT2D eigenvalue weighted by atomic mass is 16.4. The monoisotopic (exact) mass is 392 g/mol. The molecule has 0 aliphatic rings. The maximum Gasteiger partial charge on any atom is 0.407 e. The molecule has 0 saturated heterocycles. The minimum Gasteiger partial charge on any atom is -0.465 e. The van der Waals surface area contributed by atoms with Crippen molar-refractivity contribution in [1.82, 2.24) is 15.5 Å². The Morgan fingerprint density at radius 1 is 1.18 bits per heavy atom. The van der Waals surface area contributed by atoms with Crippen LogP contribution in [0.4, 0.5) is 4.79 Å². The third-order valence-electron chi connectivity index (χ3n) is 3.87. The zero-order chi connectivity index (χ0) is 21.1. The lowest BCUT2D eigenvalue weighted by molar-refractivity contribution is -0.123. The Balaban J connectivity index is 2.74. The standard InChI is InChI=1S/C18H28N6O4/c1-12(11-24(2)18(27)28)22-16(26)14(9-6-10-21-17(19)20)23-15(25)13-7-4-3-5-8-13/h3-5,7-8,12,14H,6,9-11H2,1-2H3,(H,22,26)(H,23,25)(H,27,28)(H4,19,20,21). The average molecular weight is 392 g/mol. The number of carbonyl (C=O) groups excluding carboxylic acids is 2. The molecule has 0 saturated carbocycles. The molecule has 7 N–H and O–H groups in total. The predicted octanol–water partition coefficient (Wildman–Crippen LogP) is -0.0469. The van der Waals surface area contributed by atoms with E-state index in [0.29, 0.717) is 24.9 Å². The van der Waals surface area contributed by atoms with Gasteiger partial charge in [0.25, 0.3) is 5.91 Å². The predicted molar refractivity (Wildman–Crippen MR) is 106 cm³/mol. The number of rotatable bonds is 10. The Morgan fingerprint density at radius 3 is 2.39 bits per heavy atom. The summed E-state index contributed by atoms with van der Waals surface area (Å²) >= 11 is 0. The molecule has 2 unspecified atom stereocenters. The van der Waals surface area contributed by atoms with Crippen LogP contribution < -0.4 is 22.1 Å². The number of aliphatic imine (C=N–C) groups is 1. The van der Waals surface area contributed by atoms with Crippen molar-refractivity contribution in [1.29, 1.82) is 0 Å². The second kappa shape index (κ2) is 11.4. The second-order valence-corrected chi connectivity index (χ2v) is 6.41. The lowest BCUT2D eigenvalue weighted by Crippen LogP contribution is -2.51. The van der Waals surface area contributed by atoms with Gasteiger partial charge in [0.2, 0.25) is 5.91 Å². The molecule has 0 radical (unpaired) electrons. The first-order valence-electron chi connectivity index (χ1n) is 8.86. The summed E-state index contributed by atoms with van der Waals surface area (Å²) in [6, 6.07) is 7.31. The van der Waals surface area contributed by atoms with Crippen LogP contribution >= 0.6 is 0 Å². The van der Waals surface area contributed by atoms with Crippen molar-refractivity contribution in [2.24, 2.45) is 16.5 Å². The van der Waals surface area contributed by atoms with Gasteiger partial charge in [-0.05, 0) is 31.9 Å². The summed E-state index contributed by atoms with van der Waals surface area (Å²) in [4.78, 5) is 40.9. The first-order valence-corrected chi connectivity index (χ1v) is 8.86. The summed E-state index contributed by atoms with van der Waals surface area (Å²) in [6.07, 6.45) is -0.288. The fraction of sp³-hybridized carbons (Fsp3) is 0.444. The molecular weight excluding hydrogens is 364 g/mol. The van der Waals surface area contributed by atoms with Gasteiger partial charge in [0, 0.05) is 31.7 Å². The van der Waals surface area contributed by atoms with E-state index in [4.69, 9.17) is 16.6 Å². The minimum absolute atomic E-state index is 0.0420. The molecule has 1 aromatic carbocycles. The highest BCUT2D eigenvalue weighted by Crippen LogP contribution is 2.04. The normalized spacial score (nSPS) is 12.4. The van der Waals surface area contributed by atoms with Gasteiger partial charge in [0.15, 0.2) is 5.96 Å². The van der Waals surface area contributed by atoms with E-state index in [1.54, 1.807) is 37.3 Å². The molecule has 1 aromatic rings. The van der Waals surface area contributed by atoms with E-state index >= 15 is 0 Å². The SMILES string of the molecule is CC(CN(C)C(=O)O)NC(=O)C(CCCN=C(N)N)NC(=O)c1ccccc1. The fourth-order valence-corrected chi connectivity index (χ4v) is 2.48. The minimum atomic E-state index is -1.09. The fourth-order valence-electron chi connectivity index (χ4n) is 2.48. The molecule has 154 valence electrons. The third-order valence-corrected chi connectivity index (χ3v) is 3.87. The lowest BCUT2D eigenvalue weighted by Gasteiger charge is -2.23. The van der Waals surface area contributed by atoms with Crippen molar-refractivity contribution >= 4 is 23.9 Å². The van der Waals surface area contributed by atoms with E-state index in [1.165, 1.54) is 7.05 Å². The number of nitrogens with two attached hydrogens (primary N) is 2.